The van der Waals surface area contributed by atoms with E-state index in [-0.39, 0.29) is 22.5 Å². The van der Waals surface area contributed by atoms with Crippen molar-refractivity contribution in [1.29, 1.82) is 0 Å². The second-order valence-electron chi connectivity index (χ2n) is 5.94. The fraction of sp³-hybridized carbons (Fsp3) is 0.105. The van der Waals surface area contributed by atoms with Gasteiger partial charge in [0, 0.05) is 23.3 Å². The maximum Gasteiger partial charge on any atom is 0.573 e. The summed E-state index contributed by atoms with van der Waals surface area (Å²) in [6, 6.07) is 11.3. The van der Waals surface area contributed by atoms with Crippen molar-refractivity contribution in [2.75, 3.05) is 0 Å². The molecule has 0 aliphatic heterocycles. The van der Waals surface area contributed by atoms with Gasteiger partial charge in [0.05, 0.1) is 16.3 Å². The number of nitrogens with zero attached hydrogens (tertiary/aromatic N) is 2. The van der Waals surface area contributed by atoms with Gasteiger partial charge < -0.3 is 9.47 Å². The maximum atomic E-state index is 12.7. The number of para-hydroxylation sites is 2. The molecule has 6 nitrogen and oxygen atoms in total. The number of hydrogen-bond donors (Lipinski definition) is 0. The van der Waals surface area contributed by atoms with Crippen LogP contribution in [-0.2, 0) is 0 Å². The van der Waals surface area contributed by atoms with Gasteiger partial charge in [0.2, 0.25) is 0 Å². The summed E-state index contributed by atoms with van der Waals surface area (Å²) in [5.41, 5.74) is -1.74. The van der Waals surface area contributed by atoms with Crippen LogP contribution in [0.3, 0.4) is 0 Å². The van der Waals surface area contributed by atoms with Crippen LogP contribution in [0.4, 0.5) is 32.0 Å². The predicted molar refractivity (Wildman–Crippen MR) is 95.1 cm³/mol. The van der Waals surface area contributed by atoms with E-state index < -0.39 is 34.8 Å². The number of rotatable bonds is 5. The van der Waals surface area contributed by atoms with Crippen LogP contribution in [0.5, 0.6) is 11.5 Å². The van der Waals surface area contributed by atoms with Crippen LogP contribution in [0, 0.1) is 10.1 Å². The molecule has 0 atom stereocenters. The summed E-state index contributed by atoms with van der Waals surface area (Å²) in [7, 11) is 0. The fourth-order valence-corrected chi connectivity index (χ4v) is 2.68. The molecule has 0 spiro atoms. The summed E-state index contributed by atoms with van der Waals surface area (Å²) in [6.45, 7) is 0. The molecule has 31 heavy (non-hydrogen) atoms. The van der Waals surface area contributed by atoms with Crippen molar-refractivity contribution in [2.24, 2.45) is 0 Å². The Morgan fingerprint density at radius 3 is 1.48 bits per heavy atom. The van der Waals surface area contributed by atoms with Gasteiger partial charge in [-0.25, -0.2) is 4.98 Å². The Morgan fingerprint density at radius 2 is 1.13 bits per heavy atom. The van der Waals surface area contributed by atoms with E-state index in [9.17, 15) is 36.5 Å². The van der Waals surface area contributed by atoms with E-state index in [1.165, 1.54) is 36.4 Å². The highest BCUT2D eigenvalue weighted by molar-refractivity contribution is 5.75. The normalized spacial score (nSPS) is 11.8. The summed E-state index contributed by atoms with van der Waals surface area (Å²) >= 11 is 0. The smallest absolute Gasteiger partial charge is 0.405 e. The van der Waals surface area contributed by atoms with Crippen LogP contribution in [0.2, 0.25) is 0 Å². The molecule has 0 radical (unpaired) electrons. The van der Waals surface area contributed by atoms with Crippen LogP contribution >= 0.6 is 0 Å². The van der Waals surface area contributed by atoms with E-state index in [4.69, 9.17) is 0 Å². The van der Waals surface area contributed by atoms with Crippen molar-refractivity contribution in [3.63, 3.8) is 0 Å². The zero-order valence-electron chi connectivity index (χ0n) is 15.1. The first-order valence-electron chi connectivity index (χ1n) is 8.30. The predicted octanol–water partition coefficient (Wildman–Crippen LogP) is 6.12. The van der Waals surface area contributed by atoms with E-state index in [0.29, 0.717) is 0 Å². The second kappa shape index (κ2) is 8.13. The average Bonchev–Trinajstić information content (AvgIpc) is 2.66. The van der Waals surface area contributed by atoms with Gasteiger partial charge in [0.25, 0.3) is 5.69 Å². The molecule has 0 N–H and O–H groups in total. The van der Waals surface area contributed by atoms with E-state index in [1.807, 2.05) is 0 Å². The molecule has 3 rings (SSSR count). The van der Waals surface area contributed by atoms with Crippen LogP contribution in [0.1, 0.15) is 0 Å². The lowest BCUT2D eigenvalue weighted by atomic mass is 10.1. The van der Waals surface area contributed by atoms with Crippen molar-refractivity contribution in [1.82, 2.24) is 4.98 Å². The molecule has 2 aromatic carbocycles. The van der Waals surface area contributed by atoms with Crippen LogP contribution < -0.4 is 9.47 Å². The summed E-state index contributed by atoms with van der Waals surface area (Å²) in [4.78, 5) is 14.5. The number of alkyl halides is 6. The SMILES string of the molecule is O=[N+]([O-])c1cc(-c2ccccc2OC(F)(F)F)nc(-c2ccccc2OC(F)(F)F)c1. The summed E-state index contributed by atoms with van der Waals surface area (Å²) in [6.07, 6.45) is -10.1. The number of nitro groups is 1. The van der Waals surface area contributed by atoms with Crippen LogP contribution in [0.15, 0.2) is 60.7 Å². The van der Waals surface area contributed by atoms with E-state index >= 15 is 0 Å². The largest absolute Gasteiger partial charge is 0.573 e. The molecule has 1 heterocycles. The molecule has 1 aromatic heterocycles. The molecule has 0 amide bonds. The van der Waals surface area contributed by atoms with E-state index in [2.05, 4.69) is 14.5 Å². The number of hydrogen-bond acceptors (Lipinski definition) is 5. The molecule has 0 bridgehead atoms. The van der Waals surface area contributed by atoms with Gasteiger partial charge in [-0.1, -0.05) is 24.3 Å². The zero-order valence-corrected chi connectivity index (χ0v) is 15.1. The first-order valence-corrected chi connectivity index (χ1v) is 8.30. The molecular formula is C19H10F6N2O4. The molecule has 3 aromatic rings. The van der Waals surface area contributed by atoms with Crippen molar-refractivity contribution in [3.8, 4) is 34.0 Å². The molecule has 0 saturated heterocycles. The van der Waals surface area contributed by atoms with Crippen LogP contribution in [0.25, 0.3) is 22.5 Å². The number of aromatic nitrogens is 1. The minimum Gasteiger partial charge on any atom is -0.405 e. The quantitative estimate of drug-likeness (QED) is 0.269. The number of pyridine rings is 1. The highest BCUT2D eigenvalue weighted by Crippen LogP contribution is 2.38. The lowest BCUT2D eigenvalue weighted by Gasteiger charge is -2.15. The third kappa shape index (κ3) is 5.62. The summed E-state index contributed by atoms with van der Waals surface area (Å²) in [5.74, 6) is -1.37. The highest BCUT2D eigenvalue weighted by atomic mass is 19.4. The molecule has 0 fully saturated rings. The minimum absolute atomic E-state index is 0.251. The van der Waals surface area contributed by atoms with Crippen molar-refractivity contribution >= 4 is 5.69 Å². The number of halogens is 6. The van der Waals surface area contributed by atoms with Gasteiger partial charge in [-0.15, -0.1) is 26.3 Å². The fourth-order valence-electron chi connectivity index (χ4n) is 2.68. The molecule has 0 saturated carbocycles. The first kappa shape index (κ1) is 21.9. The van der Waals surface area contributed by atoms with Crippen molar-refractivity contribution < 1.29 is 40.7 Å². The van der Waals surface area contributed by atoms with Gasteiger partial charge in [-0.3, -0.25) is 10.1 Å². The molecule has 0 unspecified atom stereocenters. The second-order valence-corrected chi connectivity index (χ2v) is 5.94. The van der Waals surface area contributed by atoms with Crippen molar-refractivity contribution in [2.45, 2.75) is 12.7 Å². The third-order valence-corrected chi connectivity index (χ3v) is 3.80. The maximum absolute atomic E-state index is 12.7. The van der Waals surface area contributed by atoms with Gasteiger partial charge in [0.15, 0.2) is 0 Å². The zero-order chi connectivity index (χ0) is 22.8. The number of benzene rings is 2. The Morgan fingerprint density at radius 1 is 0.742 bits per heavy atom. The Labute approximate surface area is 169 Å². The lowest BCUT2D eigenvalue weighted by molar-refractivity contribution is -0.384. The molecular weight excluding hydrogens is 434 g/mol. The standard InChI is InChI=1S/C19H10F6N2O4/c20-18(21,22)30-16-7-3-1-5-12(16)14-9-11(27(28)29)10-15(26-14)13-6-2-4-8-17(13)31-19(23,24)25/h1-10H. The Hall–Kier alpha value is -3.83. The summed E-state index contributed by atoms with van der Waals surface area (Å²) < 4.78 is 84.2. The molecule has 0 aliphatic rings. The molecule has 162 valence electrons. The van der Waals surface area contributed by atoms with Crippen molar-refractivity contribution in [3.05, 3.63) is 70.8 Å². The Balaban J connectivity index is 2.20. The Bertz CT molecular complexity index is 1040. The average molecular weight is 444 g/mol. The number of ether oxygens (including phenoxy) is 2. The van der Waals surface area contributed by atoms with Gasteiger partial charge in [0.1, 0.15) is 11.5 Å². The topological polar surface area (TPSA) is 74.5 Å². The minimum atomic E-state index is -5.05. The molecule has 12 heteroatoms. The highest BCUT2D eigenvalue weighted by Gasteiger charge is 2.34. The van der Waals surface area contributed by atoms with E-state index in [1.54, 1.807) is 0 Å². The summed E-state index contributed by atoms with van der Waals surface area (Å²) in [5, 5.41) is 11.4. The first-order chi connectivity index (χ1) is 14.4. The monoisotopic (exact) mass is 444 g/mol. The lowest BCUT2D eigenvalue weighted by Crippen LogP contribution is -2.18. The Kier molecular flexibility index (Phi) is 5.73. The van der Waals surface area contributed by atoms with Crippen LogP contribution in [-0.4, -0.2) is 22.6 Å². The van der Waals surface area contributed by atoms with Gasteiger partial charge in [-0.05, 0) is 24.3 Å². The molecule has 0 aliphatic carbocycles. The van der Waals surface area contributed by atoms with E-state index in [0.717, 1.165) is 24.3 Å². The van der Waals surface area contributed by atoms with Gasteiger partial charge >= 0.3 is 12.7 Å². The third-order valence-electron chi connectivity index (χ3n) is 3.80. The van der Waals surface area contributed by atoms with Gasteiger partial charge in [-0.2, -0.15) is 0 Å².